The van der Waals surface area contributed by atoms with Crippen LogP contribution >= 0.6 is 39.2 Å². The van der Waals surface area contributed by atoms with Gasteiger partial charge < -0.3 is 14.6 Å². The zero-order chi connectivity index (χ0) is 20.8. The minimum absolute atomic E-state index is 0.369. The van der Waals surface area contributed by atoms with Gasteiger partial charge in [-0.05, 0) is 51.0 Å². The number of anilines is 1. The Morgan fingerprint density at radius 2 is 1.83 bits per heavy atom. The van der Waals surface area contributed by atoms with E-state index in [0.717, 1.165) is 15.2 Å². The topological polar surface area (TPSA) is 79.5 Å². The number of benzene rings is 3. The quantitative estimate of drug-likeness (QED) is 0.285. The van der Waals surface area contributed by atoms with E-state index >= 15 is 0 Å². The van der Waals surface area contributed by atoms with Gasteiger partial charge in [-0.15, -0.1) is 0 Å². The highest BCUT2D eigenvalue weighted by Crippen LogP contribution is 2.55. The van der Waals surface area contributed by atoms with Crippen LogP contribution in [0, 0.1) is 0 Å². The molecule has 3 aromatic carbocycles. The van der Waals surface area contributed by atoms with Gasteiger partial charge in [0.25, 0.3) is 0 Å². The zero-order valence-electron chi connectivity index (χ0n) is 15.2. The van der Waals surface area contributed by atoms with E-state index in [4.69, 9.17) is 4.42 Å². The molecule has 0 bridgehead atoms. The van der Waals surface area contributed by atoms with E-state index in [1.165, 1.54) is 12.9 Å². The molecule has 0 spiro atoms. The van der Waals surface area contributed by atoms with Crippen LogP contribution in [-0.2, 0) is 9.36 Å². The lowest BCUT2D eigenvalue weighted by Gasteiger charge is -2.19. The van der Waals surface area contributed by atoms with Crippen molar-refractivity contribution in [2.45, 2.75) is 5.66 Å². The van der Waals surface area contributed by atoms with E-state index in [1.807, 2.05) is 42.5 Å². The second-order valence-electron chi connectivity index (χ2n) is 6.85. The fourth-order valence-electron chi connectivity index (χ4n) is 3.39. The van der Waals surface area contributed by atoms with Crippen LogP contribution in [0.1, 0.15) is 11.2 Å². The number of nitrogens with one attached hydrogen (secondary N) is 1. The maximum absolute atomic E-state index is 13.1. The smallest absolute Gasteiger partial charge is 0.241 e. The number of hydrogen-bond acceptors (Lipinski definition) is 3. The molecule has 4 aromatic rings. The van der Waals surface area contributed by atoms with Gasteiger partial charge >= 0.3 is 0 Å². The van der Waals surface area contributed by atoms with E-state index in [-0.39, 0.29) is 0 Å². The summed E-state index contributed by atoms with van der Waals surface area (Å²) in [5.41, 5.74) is 0.174. The summed E-state index contributed by atoms with van der Waals surface area (Å²) in [6.07, 6.45) is 1.37. The Morgan fingerprint density at radius 1 is 1.10 bits per heavy atom. The molecule has 0 aliphatic carbocycles. The minimum atomic E-state index is -3.84. The van der Waals surface area contributed by atoms with Crippen LogP contribution < -0.4 is 5.32 Å². The Bertz CT molecular complexity index is 1290. The van der Waals surface area contributed by atoms with Crippen molar-refractivity contribution in [1.82, 2.24) is 0 Å². The van der Waals surface area contributed by atoms with Crippen LogP contribution in [-0.4, -0.2) is 17.5 Å². The molecule has 29 heavy (non-hydrogen) atoms. The Kier molecular flexibility index (Phi) is 5.42. The lowest BCUT2D eigenvalue weighted by Crippen LogP contribution is -2.21. The third-order valence-corrected chi connectivity index (χ3v) is 7.18. The Hall–Kier alpha value is -1.92. The molecule has 0 saturated heterocycles. The SMILES string of the molecule is CP(=O)(O)C(C(=O)Nc1ccc2ccccc2c1)c1coc2c(Br)cc(Br)cc12. The number of hydrogen-bond donors (Lipinski definition) is 2. The van der Waals surface area contributed by atoms with Gasteiger partial charge in [0.2, 0.25) is 13.3 Å². The number of furan rings is 1. The van der Waals surface area contributed by atoms with Gasteiger partial charge in [0.1, 0.15) is 11.2 Å². The lowest BCUT2D eigenvalue weighted by atomic mass is 10.1. The molecule has 0 aliphatic heterocycles. The second kappa shape index (κ2) is 7.73. The molecule has 2 atom stereocenters. The molecule has 1 amide bonds. The number of halogens is 2. The second-order valence-corrected chi connectivity index (χ2v) is 11.0. The van der Waals surface area contributed by atoms with Crippen molar-refractivity contribution in [1.29, 1.82) is 0 Å². The van der Waals surface area contributed by atoms with Crippen molar-refractivity contribution in [2.75, 3.05) is 12.0 Å². The molecule has 4 rings (SSSR count). The predicted molar refractivity (Wildman–Crippen MR) is 123 cm³/mol. The van der Waals surface area contributed by atoms with E-state index in [9.17, 15) is 14.3 Å². The van der Waals surface area contributed by atoms with E-state index < -0.39 is 18.9 Å². The van der Waals surface area contributed by atoms with Crippen LogP contribution in [0.2, 0.25) is 0 Å². The van der Waals surface area contributed by atoms with Gasteiger partial charge in [-0.2, -0.15) is 0 Å². The van der Waals surface area contributed by atoms with Crippen LogP contribution in [0.3, 0.4) is 0 Å². The first-order valence-electron chi connectivity index (χ1n) is 8.70. The van der Waals surface area contributed by atoms with Gasteiger partial charge in [0.15, 0.2) is 0 Å². The first kappa shape index (κ1) is 20.4. The van der Waals surface area contributed by atoms with Gasteiger partial charge in [-0.3, -0.25) is 9.36 Å². The predicted octanol–water partition coefficient (Wildman–Crippen LogP) is 6.69. The number of carbonyl (C=O) groups excluding carboxylic acids is 1. The molecular weight excluding hydrogens is 521 g/mol. The summed E-state index contributed by atoms with van der Waals surface area (Å²) in [5, 5.41) is 5.39. The molecule has 2 unspecified atom stereocenters. The van der Waals surface area contributed by atoms with E-state index in [0.29, 0.717) is 26.7 Å². The summed E-state index contributed by atoms with van der Waals surface area (Å²) in [6.45, 7) is 1.18. The molecule has 148 valence electrons. The first-order valence-corrected chi connectivity index (χ1v) is 12.5. The monoisotopic (exact) mass is 535 g/mol. The molecule has 0 radical (unpaired) electrons. The van der Waals surface area contributed by atoms with Crippen molar-refractivity contribution in [2.24, 2.45) is 0 Å². The highest BCUT2D eigenvalue weighted by molar-refractivity contribution is 9.11. The van der Waals surface area contributed by atoms with Crippen molar-refractivity contribution >= 4 is 72.6 Å². The van der Waals surface area contributed by atoms with Gasteiger partial charge in [0, 0.05) is 27.8 Å². The summed E-state index contributed by atoms with van der Waals surface area (Å²) in [4.78, 5) is 23.5. The Morgan fingerprint density at radius 3 is 2.55 bits per heavy atom. The molecule has 1 aromatic heterocycles. The van der Waals surface area contributed by atoms with Crippen molar-refractivity contribution in [3.8, 4) is 0 Å². The lowest BCUT2D eigenvalue weighted by molar-refractivity contribution is -0.116. The number of fused-ring (bicyclic) bond motifs is 2. The minimum Gasteiger partial charge on any atom is -0.463 e. The summed E-state index contributed by atoms with van der Waals surface area (Å²) >= 11 is 6.83. The fraction of sp³-hybridized carbons (Fsp3) is 0.0952. The van der Waals surface area contributed by atoms with E-state index in [1.54, 1.807) is 12.1 Å². The maximum atomic E-state index is 13.1. The summed E-state index contributed by atoms with van der Waals surface area (Å²) < 4.78 is 19.7. The molecule has 5 nitrogen and oxygen atoms in total. The molecule has 2 N–H and O–H groups in total. The third kappa shape index (κ3) is 4.05. The Labute approximate surface area is 183 Å². The average Bonchev–Trinajstić information content (AvgIpc) is 3.04. The Balaban J connectivity index is 1.75. The van der Waals surface area contributed by atoms with Gasteiger partial charge in [-0.25, -0.2) is 0 Å². The van der Waals surface area contributed by atoms with Crippen molar-refractivity contribution in [3.63, 3.8) is 0 Å². The highest BCUT2D eigenvalue weighted by atomic mass is 79.9. The third-order valence-electron chi connectivity index (χ3n) is 4.66. The van der Waals surface area contributed by atoms with Gasteiger partial charge in [0.05, 0.1) is 10.7 Å². The van der Waals surface area contributed by atoms with Crippen molar-refractivity contribution < 1.29 is 18.7 Å². The molecule has 0 saturated carbocycles. The van der Waals surface area contributed by atoms with Gasteiger partial charge in [-0.1, -0.05) is 46.3 Å². The molecule has 0 fully saturated rings. The molecule has 0 aliphatic rings. The van der Waals surface area contributed by atoms with Crippen LogP contribution in [0.4, 0.5) is 5.69 Å². The van der Waals surface area contributed by atoms with E-state index in [2.05, 4.69) is 37.2 Å². The molecule has 8 heteroatoms. The number of amides is 1. The number of rotatable bonds is 4. The molecule has 1 heterocycles. The largest absolute Gasteiger partial charge is 0.463 e. The highest BCUT2D eigenvalue weighted by Gasteiger charge is 2.37. The average molecular weight is 537 g/mol. The van der Waals surface area contributed by atoms with Crippen LogP contribution in [0.25, 0.3) is 21.7 Å². The maximum Gasteiger partial charge on any atom is 0.241 e. The van der Waals surface area contributed by atoms with Crippen LogP contribution in [0.15, 0.2) is 74.2 Å². The normalized spacial score (nSPS) is 14.6. The standard InChI is InChI=1S/C21H16Br2NO4P/c1-29(26,27)20(17-11-28-19-16(17)9-14(22)10-18(19)23)21(25)24-15-7-6-12-4-2-3-5-13(12)8-15/h2-11,20H,1H3,(H,24,25)(H,26,27). The molecular formula is C21H16Br2NO4P. The summed E-state index contributed by atoms with van der Waals surface area (Å²) in [5.74, 6) is -0.563. The first-order chi connectivity index (χ1) is 13.7. The fourth-order valence-corrected chi connectivity index (χ4v) is 5.92. The van der Waals surface area contributed by atoms with Crippen molar-refractivity contribution in [3.05, 3.63) is 75.4 Å². The summed E-state index contributed by atoms with van der Waals surface area (Å²) in [6, 6.07) is 16.9. The zero-order valence-corrected chi connectivity index (χ0v) is 19.3. The van der Waals surface area contributed by atoms with Crippen LogP contribution in [0.5, 0.6) is 0 Å². The number of carbonyl (C=O) groups is 1. The summed E-state index contributed by atoms with van der Waals surface area (Å²) in [7, 11) is -3.84.